The van der Waals surface area contributed by atoms with Crippen LogP contribution in [0.4, 0.5) is 19.6 Å². The van der Waals surface area contributed by atoms with Gasteiger partial charge in [-0.2, -0.15) is 8.78 Å². The first-order chi connectivity index (χ1) is 13.9. The van der Waals surface area contributed by atoms with Crippen molar-refractivity contribution in [2.75, 3.05) is 10.6 Å². The van der Waals surface area contributed by atoms with E-state index < -0.39 is 6.61 Å². The van der Waals surface area contributed by atoms with Crippen molar-refractivity contribution in [3.63, 3.8) is 0 Å². The minimum Gasteiger partial charge on any atom is -0.434 e. The summed E-state index contributed by atoms with van der Waals surface area (Å²) in [5.41, 5.74) is 2.26. The second kappa shape index (κ2) is 9.24. The molecule has 150 valence electrons. The van der Waals surface area contributed by atoms with Crippen LogP contribution in [0.2, 0.25) is 0 Å². The molecule has 2 amide bonds. The molecule has 29 heavy (non-hydrogen) atoms. The number of hydrogen-bond acceptors (Lipinski definition) is 5. The van der Waals surface area contributed by atoms with E-state index in [0.717, 1.165) is 5.56 Å². The number of nitrogens with one attached hydrogen (secondary N) is 2. The average Bonchev–Trinajstić information content (AvgIpc) is 3.11. The number of halogens is 2. The number of thiazole rings is 1. The molecule has 0 saturated carbocycles. The first kappa shape index (κ1) is 20.4. The molecule has 2 N–H and O–H groups in total. The first-order valence-electron chi connectivity index (χ1n) is 8.57. The molecule has 0 spiro atoms. The Morgan fingerprint density at radius 1 is 1.10 bits per heavy atom. The molecule has 0 aliphatic heterocycles. The molecule has 0 aliphatic carbocycles. The fourth-order valence-corrected chi connectivity index (χ4v) is 3.32. The molecule has 0 fully saturated rings. The second-order valence-corrected chi connectivity index (χ2v) is 6.87. The molecule has 9 heteroatoms. The maximum atomic E-state index is 12.6. The van der Waals surface area contributed by atoms with Crippen LogP contribution in [0, 0.1) is 0 Å². The molecule has 3 rings (SSSR count). The van der Waals surface area contributed by atoms with Crippen molar-refractivity contribution < 1.29 is 23.1 Å². The number of rotatable bonds is 7. The fraction of sp³-hybridized carbons (Fsp3) is 0.150. The molecule has 0 bridgehead atoms. The Labute approximate surface area is 169 Å². The van der Waals surface area contributed by atoms with Crippen molar-refractivity contribution in [2.24, 2.45) is 0 Å². The number of carbonyl (C=O) groups is 2. The predicted octanol–water partition coefficient (Wildman–Crippen LogP) is 4.55. The third-order valence-electron chi connectivity index (χ3n) is 3.77. The lowest BCUT2D eigenvalue weighted by Gasteiger charge is -2.08. The van der Waals surface area contributed by atoms with Gasteiger partial charge in [0.1, 0.15) is 5.75 Å². The molecule has 1 heterocycles. The van der Waals surface area contributed by atoms with Crippen LogP contribution in [0.1, 0.15) is 12.5 Å². The van der Waals surface area contributed by atoms with Crippen LogP contribution in [0.15, 0.2) is 53.9 Å². The molecule has 0 aliphatic rings. The smallest absolute Gasteiger partial charge is 0.387 e. The number of benzene rings is 2. The lowest BCUT2D eigenvalue weighted by molar-refractivity contribution is -0.116. The normalized spacial score (nSPS) is 10.6. The van der Waals surface area contributed by atoms with E-state index in [1.807, 2.05) is 0 Å². The number of alkyl halides is 2. The monoisotopic (exact) mass is 417 g/mol. The van der Waals surface area contributed by atoms with Gasteiger partial charge in [-0.05, 0) is 29.8 Å². The van der Waals surface area contributed by atoms with Gasteiger partial charge in [0.05, 0.1) is 12.1 Å². The average molecular weight is 417 g/mol. The van der Waals surface area contributed by atoms with Gasteiger partial charge in [-0.25, -0.2) is 4.98 Å². The van der Waals surface area contributed by atoms with Crippen LogP contribution >= 0.6 is 11.3 Å². The van der Waals surface area contributed by atoms with Crippen molar-refractivity contribution in [1.29, 1.82) is 0 Å². The number of nitrogens with zero attached hydrogens (tertiary/aromatic N) is 1. The van der Waals surface area contributed by atoms with E-state index in [2.05, 4.69) is 20.4 Å². The fourth-order valence-electron chi connectivity index (χ4n) is 2.59. The summed E-state index contributed by atoms with van der Waals surface area (Å²) in [6, 6.07) is 13.3. The standard InChI is InChI=1S/C20H17F2N3O3S/c1-12(26)23-14-8-6-13(7-9-14)10-18(27)25-20-24-16(11-29-20)15-4-2-3-5-17(15)28-19(21)22/h2-9,11,19H,10H2,1H3,(H,23,26)(H,24,25,27). The van der Waals surface area contributed by atoms with E-state index in [9.17, 15) is 18.4 Å². The molecule has 0 atom stereocenters. The zero-order valence-corrected chi connectivity index (χ0v) is 16.1. The molecular weight excluding hydrogens is 400 g/mol. The quantitative estimate of drug-likeness (QED) is 0.591. The SMILES string of the molecule is CC(=O)Nc1ccc(CC(=O)Nc2nc(-c3ccccc3OC(F)F)cs2)cc1. The third-order valence-corrected chi connectivity index (χ3v) is 4.53. The number of para-hydroxylation sites is 1. The summed E-state index contributed by atoms with van der Waals surface area (Å²) in [7, 11) is 0. The highest BCUT2D eigenvalue weighted by Crippen LogP contribution is 2.33. The molecule has 1 aromatic heterocycles. The van der Waals surface area contributed by atoms with Crippen LogP contribution in [0.5, 0.6) is 5.75 Å². The topological polar surface area (TPSA) is 80.3 Å². The van der Waals surface area contributed by atoms with Crippen LogP contribution < -0.4 is 15.4 Å². The van der Waals surface area contributed by atoms with Crippen LogP contribution in [0.3, 0.4) is 0 Å². The van der Waals surface area contributed by atoms with Gasteiger partial charge in [-0.1, -0.05) is 24.3 Å². The number of ether oxygens (including phenoxy) is 1. The highest BCUT2D eigenvalue weighted by Gasteiger charge is 2.14. The summed E-state index contributed by atoms with van der Waals surface area (Å²) in [6.45, 7) is -1.52. The molecule has 0 unspecified atom stereocenters. The molecule has 3 aromatic rings. The minimum absolute atomic E-state index is 0.0185. The maximum absolute atomic E-state index is 12.6. The number of aromatic nitrogens is 1. The lowest BCUT2D eigenvalue weighted by atomic mass is 10.1. The van der Waals surface area contributed by atoms with E-state index in [-0.39, 0.29) is 24.0 Å². The van der Waals surface area contributed by atoms with Gasteiger partial charge in [0.15, 0.2) is 5.13 Å². The summed E-state index contributed by atoms with van der Waals surface area (Å²) in [4.78, 5) is 27.6. The number of hydrogen-bond donors (Lipinski definition) is 2. The zero-order chi connectivity index (χ0) is 20.8. The lowest BCUT2D eigenvalue weighted by Crippen LogP contribution is -2.14. The van der Waals surface area contributed by atoms with E-state index in [0.29, 0.717) is 22.1 Å². The minimum atomic E-state index is -2.94. The Hall–Kier alpha value is -3.33. The van der Waals surface area contributed by atoms with Crippen LogP contribution in [-0.2, 0) is 16.0 Å². The molecule has 6 nitrogen and oxygen atoms in total. The molecule has 0 saturated heterocycles. The van der Waals surface area contributed by atoms with E-state index in [4.69, 9.17) is 0 Å². The molecule has 0 radical (unpaired) electrons. The Morgan fingerprint density at radius 2 is 1.83 bits per heavy atom. The van der Waals surface area contributed by atoms with Crippen LogP contribution in [0.25, 0.3) is 11.3 Å². The van der Waals surface area contributed by atoms with Crippen molar-refractivity contribution in [2.45, 2.75) is 20.0 Å². The van der Waals surface area contributed by atoms with Gasteiger partial charge in [0.25, 0.3) is 0 Å². The van der Waals surface area contributed by atoms with Gasteiger partial charge in [0.2, 0.25) is 11.8 Å². The van der Waals surface area contributed by atoms with Gasteiger partial charge >= 0.3 is 6.61 Å². The van der Waals surface area contributed by atoms with Gasteiger partial charge in [-0.3, -0.25) is 9.59 Å². The van der Waals surface area contributed by atoms with E-state index in [1.165, 1.54) is 24.3 Å². The third kappa shape index (κ3) is 5.82. The van der Waals surface area contributed by atoms with E-state index in [1.54, 1.807) is 47.8 Å². The second-order valence-electron chi connectivity index (χ2n) is 6.02. The highest BCUT2D eigenvalue weighted by atomic mass is 32.1. The Kier molecular flexibility index (Phi) is 6.50. The summed E-state index contributed by atoms with van der Waals surface area (Å²) in [5.74, 6) is -0.421. The van der Waals surface area contributed by atoms with Gasteiger partial charge < -0.3 is 15.4 Å². The largest absolute Gasteiger partial charge is 0.434 e. The summed E-state index contributed by atoms with van der Waals surface area (Å²) >= 11 is 1.19. The summed E-state index contributed by atoms with van der Waals surface area (Å²) in [6.07, 6.45) is 0.125. The zero-order valence-electron chi connectivity index (χ0n) is 15.3. The molecule has 2 aromatic carbocycles. The maximum Gasteiger partial charge on any atom is 0.387 e. The summed E-state index contributed by atoms with van der Waals surface area (Å²) < 4.78 is 29.7. The van der Waals surface area contributed by atoms with Crippen molar-refractivity contribution in [1.82, 2.24) is 4.98 Å². The van der Waals surface area contributed by atoms with Crippen molar-refractivity contribution in [3.8, 4) is 17.0 Å². The van der Waals surface area contributed by atoms with Gasteiger partial charge in [0, 0.05) is 23.6 Å². The van der Waals surface area contributed by atoms with Gasteiger partial charge in [-0.15, -0.1) is 11.3 Å². The van der Waals surface area contributed by atoms with Crippen LogP contribution in [-0.4, -0.2) is 23.4 Å². The Bertz CT molecular complexity index is 1010. The summed E-state index contributed by atoms with van der Waals surface area (Å²) in [5, 5.41) is 7.36. The predicted molar refractivity (Wildman–Crippen MR) is 107 cm³/mol. The Morgan fingerprint density at radius 3 is 2.52 bits per heavy atom. The first-order valence-corrected chi connectivity index (χ1v) is 9.45. The van der Waals surface area contributed by atoms with Crippen molar-refractivity contribution >= 4 is 34.0 Å². The highest BCUT2D eigenvalue weighted by molar-refractivity contribution is 7.14. The van der Waals surface area contributed by atoms with E-state index >= 15 is 0 Å². The number of amides is 2. The Balaban J connectivity index is 1.64. The number of carbonyl (C=O) groups excluding carboxylic acids is 2. The van der Waals surface area contributed by atoms with Crippen molar-refractivity contribution in [3.05, 3.63) is 59.5 Å². The molecular formula is C20H17F2N3O3S. The number of anilines is 2.